The summed E-state index contributed by atoms with van der Waals surface area (Å²) in [7, 11) is -0.470. The molecule has 2 N–H and O–H groups in total. The lowest BCUT2D eigenvalue weighted by molar-refractivity contribution is 0.0440. The first kappa shape index (κ1) is 18.7. The molecular formula is C19H23NO5S. The van der Waals surface area contributed by atoms with E-state index >= 15 is 0 Å². The van der Waals surface area contributed by atoms with Gasteiger partial charge in [0.2, 0.25) is 10.0 Å². The monoisotopic (exact) mass is 377 g/mol. The molecule has 0 heterocycles. The number of hydrogen-bond acceptors (Lipinski definition) is 5. The predicted octanol–water partition coefficient (Wildman–Crippen LogP) is 1.96. The molecule has 3 rings (SSSR count). The average molecular weight is 377 g/mol. The second kappa shape index (κ2) is 7.26. The van der Waals surface area contributed by atoms with Crippen molar-refractivity contribution in [3.8, 4) is 11.5 Å². The third kappa shape index (κ3) is 3.85. The molecule has 0 saturated heterocycles. The van der Waals surface area contributed by atoms with E-state index in [1.165, 1.54) is 7.11 Å². The molecular weight excluding hydrogens is 354 g/mol. The number of nitrogens with one attached hydrogen (secondary N) is 1. The third-order valence-electron chi connectivity index (χ3n) is 4.70. The summed E-state index contributed by atoms with van der Waals surface area (Å²) in [6.07, 6.45) is 1.08. The summed E-state index contributed by atoms with van der Waals surface area (Å²) in [5.41, 5.74) is 1.05. The maximum Gasteiger partial charge on any atom is 0.215 e. The zero-order chi connectivity index (χ0) is 18.8. The standard InChI is InChI=1S/C19H23NO5S/c1-24-17-10-15-8-9-19(21,16(15)11-18(17)25-2)13-20-26(22,23)12-14-6-4-3-5-7-14/h3-7,10-11,20-21H,8-9,12-13H2,1-2H3. The van der Waals surface area contributed by atoms with Crippen LogP contribution in [0.1, 0.15) is 23.1 Å². The molecule has 0 fully saturated rings. The minimum absolute atomic E-state index is 0.0787. The van der Waals surface area contributed by atoms with E-state index in [9.17, 15) is 13.5 Å². The molecule has 1 aliphatic rings. The molecule has 140 valence electrons. The summed E-state index contributed by atoms with van der Waals surface area (Å²) in [4.78, 5) is 0. The van der Waals surface area contributed by atoms with Gasteiger partial charge in [0.1, 0.15) is 5.60 Å². The van der Waals surface area contributed by atoms with E-state index in [1.54, 1.807) is 37.4 Å². The Kier molecular flexibility index (Phi) is 5.22. The van der Waals surface area contributed by atoms with Crippen molar-refractivity contribution in [2.75, 3.05) is 20.8 Å². The van der Waals surface area contributed by atoms with Crippen molar-refractivity contribution in [3.05, 3.63) is 59.2 Å². The molecule has 6 nitrogen and oxygen atoms in total. The molecule has 0 amide bonds. The fourth-order valence-electron chi connectivity index (χ4n) is 3.29. The Labute approximate surface area is 153 Å². The fraction of sp³-hybridized carbons (Fsp3) is 0.368. The predicted molar refractivity (Wildman–Crippen MR) is 98.8 cm³/mol. The van der Waals surface area contributed by atoms with Crippen LogP contribution in [-0.4, -0.2) is 34.3 Å². The van der Waals surface area contributed by atoms with Crippen LogP contribution in [0.5, 0.6) is 11.5 Å². The van der Waals surface area contributed by atoms with E-state index in [0.29, 0.717) is 35.5 Å². The van der Waals surface area contributed by atoms with E-state index in [4.69, 9.17) is 9.47 Å². The van der Waals surface area contributed by atoms with Crippen molar-refractivity contribution >= 4 is 10.0 Å². The van der Waals surface area contributed by atoms with Crippen LogP contribution in [0.4, 0.5) is 0 Å². The van der Waals surface area contributed by atoms with Crippen LogP contribution in [0.3, 0.4) is 0 Å². The first-order valence-corrected chi connectivity index (χ1v) is 10.0. The number of fused-ring (bicyclic) bond motifs is 1. The SMILES string of the molecule is COc1cc2c(cc1OC)C(O)(CNS(=O)(=O)Cc1ccccc1)CC2. The second-order valence-electron chi connectivity index (χ2n) is 6.46. The Morgan fingerprint density at radius 1 is 1.12 bits per heavy atom. The van der Waals surface area contributed by atoms with Crippen molar-refractivity contribution < 1.29 is 23.0 Å². The summed E-state index contributed by atoms with van der Waals surface area (Å²) in [5, 5.41) is 11.0. The Bertz CT molecular complexity index is 882. The molecule has 0 radical (unpaired) electrons. The van der Waals surface area contributed by atoms with Crippen LogP contribution in [-0.2, 0) is 27.8 Å². The Morgan fingerprint density at radius 3 is 2.42 bits per heavy atom. The van der Waals surface area contributed by atoms with Crippen molar-refractivity contribution in [2.45, 2.75) is 24.2 Å². The maximum atomic E-state index is 12.4. The van der Waals surface area contributed by atoms with Crippen LogP contribution in [0.2, 0.25) is 0 Å². The number of benzene rings is 2. The van der Waals surface area contributed by atoms with Crippen LogP contribution in [0, 0.1) is 0 Å². The minimum atomic E-state index is -3.56. The van der Waals surface area contributed by atoms with Gasteiger partial charge in [0.25, 0.3) is 0 Å². The molecule has 1 atom stereocenters. The summed E-state index contributed by atoms with van der Waals surface area (Å²) < 4.78 is 37.9. The largest absolute Gasteiger partial charge is 0.493 e. The van der Waals surface area contributed by atoms with Crippen LogP contribution < -0.4 is 14.2 Å². The topological polar surface area (TPSA) is 84.9 Å². The summed E-state index contributed by atoms with van der Waals surface area (Å²) in [6.45, 7) is -0.0787. The summed E-state index contributed by atoms with van der Waals surface area (Å²) >= 11 is 0. The molecule has 0 aliphatic heterocycles. The lowest BCUT2D eigenvalue weighted by atomic mass is 9.96. The van der Waals surface area contributed by atoms with E-state index in [0.717, 1.165) is 5.56 Å². The van der Waals surface area contributed by atoms with Crippen LogP contribution in [0.15, 0.2) is 42.5 Å². The van der Waals surface area contributed by atoms with Gasteiger partial charge < -0.3 is 14.6 Å². The third-order valence-corrected chi connectivity index (χ3v) is 6.00. The molecule has 0 spiro atoms. The van der Waals surface area contributed by atoms with Crippen LogP contribution >= 0.6 is 0 Å². The van der Waals surface area contributed by atoms with Gasteiger partial charge in [-0.25, -0.2) is 13.1 Å². The zero-order valence-corrected chi connectivity index (χ0v) is 15.7. The first-order valence-electron chi connectivity index (χ1n) is 8.36. The Morgan fingerprint density at radius 2 is 1.77 bits per heavy atom. The van der Waals surface area contributed by atoms with E-state index in [1.807, 2.05) is 12.1 Å². The van der Waals surface area contributed by atoms with Gasteiger partial charge in [-0.1, -0.05) is 30.3 Å². The summed E-state index contributed by atoms with van der Waals surface area (Å²) in [5.74, 6) is 0.988. The van der Waals surface area contributed by atoms with Crippen molar-refractivity contribution in [2.24, 2.45) is 0 Å². The minimum Gasteiger partial charge on any atom is -0.493 e. The maximum absolute atomic E-state index is 12.4. The van der Waals surface area contributed by atoms with Crippen molar-refractivity contribution in [1.82, 2.24) is 4.72 Å². The molecule has 1 aliphatic carbocycles. The Hall–Kier alpha value is -2.09. The smallest absolute Gasteiger partial charge is 0.215 e. The van der Waals surface area contributed by atoms with Gasteiger partial charge in [-0.05, 0) is 41.7 Å². The lowest BCUT2D eigenvalue weighted by Gasteiger charge is -2.25. The molecule has 2 aromatic rings. The highest BCUT2D eigenvalue weighted by atomic mass is 32.2. The fourth-order valence-corrected chi connectivity index (χ4v) is 4.49. The number of sulfonamides is 1. The average Bonchev–Trinajstić information content (AvgIpc) is 2.96. The number of hydrogen-bond donors (Lipinski definition) is 2. The lowest BCUT2D eigenvalue weighted by Crippen LogP contribution is -2.39. The Balaban J connectivity index is 1.77. The highest BCUT2D eigenvalue weighted by Gasteiger charge is 2.38. The number of methoxy groups -OCH3 is 2. The van der Waals surface area contributed by atoms with Gasteiger partial charge in [-0.3, -0.25) is 0 Å². The number of ether oxygens (including phenoxy) is 2. The van der Waals surface area contributed by atoms with Gasteiger partial charge in [0.15, 0.2) is 11.5 Å². The molecule has 0 saturated carbocycles. The normalized spacial score (nSPS) is 19.2. The van der Waals surface area contributed by atoms with Crippen molar-refractivity contribution in [3.63, 3.8) is 0 Å². The second-order valence-corrected chi connectivity index (χ2v) is 8.27. The van der Waals surface area contributed by atoms with Gasteiger partial charge >= 0.3 is 0 Å². The molecule has 7 heteroatoms. The molecule has 0 aromatic heterocycles. The van der Waals surface area contributed by atoms with Crippen LogP contribution in [0.25, 0.3) is 0 Å². The van der Waals surface area contributed by atoms with E-state index in [-0.39, 0.29) is 12.3 Å². The van der Waals surface area contributed by atoms with Gasteiger partial charge in [-0.15, -0.1) is 0 Å². The van der Waals surface area contributed by atoms with Gasteiger partial charge in [0.05, 0.1) is 20.0 Å². The highest BCUT2D eigenvalue weighted by Crippen LogP contribution is 2.42. The van der Waals surface area contributed by atoms with Gasteiger partial charge in [0, 0.05) is 6.54 Å². The molecule has 1 unspecified atom stereocenters. The van der Waals surface area contributed by atoms with Gasteiger partial charge in [-0.2, -0.15) is 0 Å². The number of aryl methyl sites for hydroxylation is 1. The van der Waals surface area contributed by atoms with E-state index in [2.05, 4.69) is 4.72 Å². The first-order chi connectivity index (χ1) is 12.4. The highest BCUT2D eigenvalue weighted by molar-refractivity contribution is 7.88. The number of rotatable bonds is 7. The summed E-state index contributed by atoms with van der Waals surface area (Å²) in [6, 6.07) is 12.5. The molecule has 2 aromatic carbocycles. The quantitative estimate of drug-likeness (QED) is 0.770. The molecule has 0 bridgehead atoms. The van der Waals surface area contributed by atoms with E-state index < -0.39 is 15.6 Å². The van der Waals surface area contributed by atoms with Crippen molar-refractivity contribution in [1.29, 1.82) is 0 Å². The number of aliphatic hydroxyl groups is 1. The molecule has 26 heavy (non-hydrogen) atoms. The zero-order valence-electron chi connectivity index (χ0n) is 14.9.